The van der Waals surface area contributed by atoms with Gasteiger partial charge in [-0.25, -0.2) is 9.78 Å². The molecule has 6 nitrogen and oxygen atoms in total. The molecule has 0 aliphatic rings. The van der Waals surface area contributed by atoms with Crippen LogP contribution in [0.25, 0.3) is 0 Å². The lowest BCUT2D eigenvalue weighted by Gasteiger charge is -2.27. The lowest BCUT2D eigenvalue weighted by Crippen LogP contribution is -2.36. The van der Waals surface area contributed by atoms with Crippen molar-refractivity contribution in [2.45, 2.75) is 59.1 Å². The molecule has 0 aliphatic carbocycles. The Morgan fingerprint density at radius 2 is 1.79 bits per heavy atom. The summed E-state index contributed by atoms with van der Waals surface area (Å²) in [5.74, 6) is -2.01. The van der Waals surface area contributed by atoms with E-state index < -0.39 is 23.6 Å². The van der Waals surface area contributed by atoms with Gasteiger partial charge in [-0.2, -0.15) is 13.2 Å². The van der Waals surface area contributed by atoms with Crippen molar-refractivity contribution >= 4 is 29.2 Å². The van der Waals surface area contributed by atoms with Crippen LogP contribution in [-0.4, -0.2) is 30.0 Å². The molecule has 33 heavy (non-hydrogen) atoms. The molecule has 0 radical (unpaired) electrons. The molecule has 0 aliphatic heterocycles. The Hall–Kier alpha value is -2.81. The van der Waals surface area contributed by atoms with Crippen LogP contribution >= 0.6 is 11.6 Å². The minimum Gasteiger partial charge on any atom is -0.465 e. The van der Waals surface area contributed by atoms with Crippen molar-refractivity contribution in [1.29, 1.82) is 0 Å². The predicted molar refractivity (Wildman–Crippen MR) is 121 cm³/mol. The fourth-order valence-corrected chi connectivity index (χ4v) is 2.98. The highest BCUT2D eigenvalue weighted by atomic mass is 35.5. The lowest BCUT2D eigenvalue weighted by molar-refractivity contribution is -0.139. The summed E-state index contributed by atoms with van der Waals surface area (Å²) in [6.45, 7) is 9.10. The average Bonchev–Trinajstić information content (AvgIpc) is 2.73. The number of carbonyl (C=O) groups is 2. The van der Waals surface area contributed by atoms with E-state index in [-0.39, 0.29) is 40.4 Å². The summed E-state index contributed by atoms with van der Waals surface area (Å²) >= 11 is 5.60. The van der Waals surface area contributed by atoms with Crippen LogP contribution in [0.2, 0.25) is 0 Å². The maximum Gasteiger partial charge on any atom is 0.421 e. The molecule has 0 unspecified atom stereocenters. The van der Waals surface area contributed by atoms with Crippen LogP contribution in [-0.2, 0) is 21.6 Å². The van der Waals surface area contributed by atoms with Crippen molar-refractivity contribution in [3.05, 3.63) is 47.2 Å². The zero-order valence-electron chi connectivity index (χ0n) is 19.4. The number of benzene rings is 1. The molecule has 1 aromatic heterocycles. The van der Waals surface area contributed by atoms with Gasteiger partial charge in [-0.1, -0.05) is 20.3 Å². The number of halogens is 4. The number of esters is 1. The summed E-state index contributed by atoms with van der Waals surface area (Å²) in [6.07, 6.45) is -2.30. The summed E-state index contributed by atoms with van der Waals surface area (Å²) in [4.78, 5) is 29.4. The van der Waals surface area contributed by atoms with Crippen molar-refractivity contribution in [3.8, 4) is 11.6 Å². The first-order valence-corrected chi connectivity index (χ1v) is 10.8. The molecule has 0 fully saturated rings. The third-order valence-electron chi connectivity index (χ3n) is 4.07. The molecule has 1 heterocycles. The van der Waals surface area contributed by atoms with Crippen LogP contribution < -0.4 is 9.64 Å². The smallest absolute Gasteiger partial charge is 0.421 e. The van der Waals surface area contributed by atoms with Gasteiger partial charge in [0.25, 0.3) is 0 Å². The van der Waals surface area contributed by atoms with Crippen LogP contribution in [0.5, 0.6) is 11.6 Å². The first-order chi connectivity index (χ1) is 15.4. The molecule has 0 N–H and O–H groups in total. The number of amides is 1. The topological polar surface area (TPSA) is 68.7 Å². The molecule has 1 aromatic carbocycles. The molecule has 0 saturated carbocycles. The van der Waals surface area contributed by atoms with E-state index in [4.69, 9.17) is 21.1 Å². The second-order valence-electron chi connectivity index (χ2n) is 7.29. The molecular weight excluding hydrogens is 461 g/mol. The number of rotatable bonds is 6. The van der Waals surface area contributed by atoms with Crippen LogP contribution in [0.4, 0.5) is 18.9 Å². The van der Waals surface area contributed by atoms with Gasteiger partial charge in [0.15, 0.2) is 0 Å². The Bertz CT molecular complexity index is 965. The monoisotopic (exact) mass is 488 g/mol. The predicted octanol–water partition coefficient (Wildman–Crippen LogP) is 6.60. The number of alkyl halides is 4. The van der Waals surface area contributed by atoms with Gasteiger partial charge in [0.1, 0.15) is 11.3 Å². The van der Waals surface area contributed by atoms with Crippen molar-refractivity contribution in [3.63, 3.8) is 0 Å². The van der Waals surface area contributed by atoms with Gasteiger partial charge in [-0.3, -0.25) is 4.79 Å². The standard InChI is InChI=1S/C20H20ClF3N2O4.C3H8/c1-11(2)26(12(3)27)17-6-5-14(8-15(17)19(28)29-4)30-18-16(20(22,23)24)7-13(9-21)10-25-18;1-3-2/h5-8,10-11H,9H2,1-4H3;3H2,1-2H3. The van der Waals surface area contributed by atoms with Crippen molar-refractivity contribution in [1.82, 2.24) is 4.98 Å². The molecule has 0 atom stereocenters. The number of anilines is 1. The summed E-state index contributed by atoms with van der Waals surface area (Å²) in [5, 5.41) is 0. The van der Waals surface area contributed by atoms with E-state index in [0.717, 1.165) is 13.2 Å². The minimum atomic E-state index is -4.72. The van der Waals surface area contributed by atoms with Gasteiger partial charge in [-0.15, -0.1) is 11.6 Å². The fraction of sp³-hybridized carbons (Fsp3) is 0.435. The van der Waals surface area contributed by atoms with Crippen molar-refractivity contribution in [2.24, 2.45) is 0 Å². The summed E-state index contributed by atoms with van der Waals surface area (Å²) in [5.41, 5.74) is -0.712. The number of methoxy groups -OCH3 is 1. The van der Waals surface area contributed by atoms with Gasteiger partial charge < -0.3 is 14.4 Å². The second kappa shape index (κ2) is 12.4. The summed E-state index contributed by atoms with van der Waals surface area (Å²) < 4.78 is 50.3. The number of aromatic nitrogens is 1. The van der Waals surface area contributed by atoms with Crippen LogP contribution in [0, 0.1) is 0 Å². The van der Waals surface area contributed by atoms with Gasteiger partial charge in [0, 0.05) is 25.0 Å². The third kappa shape index (κ3) is 7.63. The van der Waals surface area contributed by atoms with E-state index in [1.807, 2.05) is 0 Å². The first-order valence-electron chi connectivity index (χ1n) is 10.2. The largest absolute Gasteiger partial charge is 0.465 e. The molecule has 2 aromatic rings. The number of hydrogen-bond acceptors (Lipinski definition) is 5. The maximum atomic E-state index is 13.4. The average molecular weight is 489 g/mol. The number of ether oxygens (including phenoxy) is 2. The van der Waals surface area contributed by atoms with Crippen LogP contribution in [0.3, 0.4) is 0 Å². The maximum absolute atomic E-state index is 13.4. The number of nitrogens with zero attached hydrogens (tertiary/aromatic N) is 2. The van der Waals surface area contributed by atoms with E-state index in [2.05, 4.69) is 18.8 Å². The molecule has 0 saturated heterocycles. The van der Waals surface area contributed by atoms with Crippen molar-refractivity contribution in [2.75, 3.05) is 12.0 Å². The molecule has 0 spiro atoms. The number of pyridine rings is 1. The van der Waals surface area contributed by atoms with Gasteiger partial charge in [0.2, 0.25) is 11.8 Å². The molecule has 0 bridgehead atoms. The minimum absolute atomic E-state index is 0.0372. The molecule has 2 rings (SSSR count). The molecule has 10 heteroatoms. The Morgan fingerprint density at radius 1 is 1.18 bits per heavy atom. The van der Waals surface area contributed by atoms with Crippen molar-refractivity contribution < 1.29 is 32.2 Å². The van der Waals surface area contributed by atoms with Gasteiger partial charge in [0.05, 0.1) is 18.4 Å². The highest BCUT2D eigenvalue weighted by Gasteiger charge is 2.36. The van der Waals surface area contributed by atoms with E-state index in [0.29, 0.717) is 0 Å². The Kier molecular flexibility index (Phi) is 10.6. The van der Waals surface area contributed by atoms with Gasteiger partial charge in [-0.05, 0) is 43.7 Å². The van der Waals surface area contributed by atoms with E-state index >= 15 is 0 Å². The number of carbonyl (C=O) groups excluding carboxylic acids is 2. The Morgan fingerprint density at radius 3 is 2.24 bits per heavy atom. The first kappa shape index (κ1) is 28.2. The molecular formula is C23H28ClF3N2O4. The Balaban J connectivity index is 0.00000172. The Labute approximate surface area is 196 Å². The third-order valence-corrected chi connectivity index (χ3v) is 4.38. The van der Waals surface area contributed by atoms with E-state index in [1.165, 1.54) is 42.6 Å². The second-order valence-corrected chi connectivity index (χ2v) is 7.56. The number of hydrogen-bond donors (Lipinski definition) is 0. The molecule has 1 amide bonds. The summed E-state index contributed by atoms with van der Waals surface area (Å²) in [7, 11) is 1.15. The van der Waals surface area contributed by atoms with Gasteiger partial charge >= 0.3 is 12.1 Å². The van der Waals surface area contributed by atoms with Crippen LogP contribution in [0.1, 0.15) is 62.5 Å². The quantitative estimate of drug-likeness (QED) is 0.338. The van der Waals surface area contributed by atoms with E-state index in [9.17, 15) is 22.8 Å². The highest BCUT2D eigenvalue weighted by Crippen LogP contribution is 2.38. The SMILES string of the molecule is CCC.COC(=O)c1cc(Oc2ncc(CCl)cc2C(F)(F)F)ccc1N(C(C)=O)C(C)C. The zero-order chi connectivity index (χ0) is 25.3. The molecule has 182 valence electrons. The van der Waals surface area contributed by atoms with E-state index in [1.54, 1.807) is 13.8 Å². The zero-order valence-corrected chi connectivity index (χ0v) is 20.2. The fourth-order valence-electron chi connectivity index (χ4n) is 2.84. The lowest BCUT2D eigenvalue weighted by atomic mass is 10.1. The highest BCUT2D eigenvalue weighted by molar-refractivity contribution is 6.17. The van der Waals surface area contributed by atoms with Crippen LogP contribution in [0.15, 0.2) is 30.5 Å². The normalized spacial score (nSPS) is 10.9. The summed E-state index contributed by atoms with van der Waals surface area (Å²) in [6, 6.07) is 4.53.